The lowest BCUT2D eigenvalue weighted by Gasteiger charge is -2.06. The van der Waals surface area contributed by atoms with Gasteiger partial charge >= 0.3 is 0 Å². The van der Waals surface area contributed by atoms with Gasteiger partial charge in [0.2, 0.25) is 5.91 Å². The van der Waals surface area contributed by atoms with Crippen LogP contribution in [-0.2, 0) is 4.79 Å². The topological polar surface area (TPSA) is 106 Å². The first-order valence-electron chi connectivity index (χ1n) is 8.19. The Kier molecular flexibility index (Phi) is 6.01. The highest BCUT2D eigenvalue weighted by molar-refractivity contribution is 7.12. The number of nitrogen functional groups attached to an aromatic ring is 1. The molecule has 3 aromatic rings. The number of nitrogens with one attached hydrogen (secondary N) is 2. The van der Waals surface area contributed by atoms with Crippen LogP contribution < -0.4 is 21.1 Å². The molecule has 2 heterocycles. The third-order valence-corrected chi connectivity index (χ3v) is 4.48. The fraction of sp³-hybridized carbons (Fsp3) is 0.105. The first-order valence-corrected chi connectivity index (χ1v) is 9.07. The van der Waals surface area contributed by atoms with Crippen LogP contribution in [-0.4, -0.2) is 23.4 Å². The number of nitrogens with two attached hydrogens (primary N) is 1. The quantitative estimate of drug-likeness (QED) is 0.543. The van der Waals surface area contributed by atoms with Gasteiger partial charge in [-0.05, 0) is 30.3 Å². The number of para-hydroxylation sites is 2. The summed E-state index contributed by atoms with van der Waals surface area (Å²) >= 11 is 1.24. The molecule has 1 aromatic carbocycles. The molecule has 0 aliphatic heterocycles. The van der Waals surface area contributed by atoms with E-state index in [1.807, 2.05) is 0 Å². The molecule has 0 radical (unpaired) electrons. The molecular weight excluding hydrogens is 364 g/mol. The molecule has 138 valence electrons. The Morgan fingerprint density at radius 2 is 2.00 bits per heavy atom. The molecule has 2 amide bonds. The fourth-order valence-electron chi connectivity index (χ4n) is 2.23. The van der Waals surface area contributed by atoms with Gasteiger partial charge < -0.3 is 21.1 Å². The molecular formula is C19H18N4O3S. The van der Waals surface area contributed by atoms with Gasteiger partial charge in [0.1, 0.15) is 5.75 Å². The van der Waals surface area contributed by atoms with Crippen LogP contribution in [0.5, 0.6) is 5.75 Å². The Hall–Kier alpha value is -3.39. The third-order valence-electron chi connectivity index (χ3n) is 3.55. The summed E-state index contributed by atoms with van der Waals surface area (Å²) in [5, 5.41) is 7.21. The Morgan fingerprint density at radius 3 is 2.78 bits per heavy atom. The van der Waals surface area contributed by atoms with E-state index in [2.05, 4.69) is 15.6 Å². The molecule has 8 heteroatoms. The average molecular weight is 382 g/mol. The number of thiophene rings is 1. The maximum Gasteiger partial charge on any atom is 0.265 e. The number of carbonyl (C=O) groups is 2. The summed E-state index contributed by atoms with van der Waals surface area (Å²) in [5.74, 6) is 0.134. The first-order chi connectivity index (χ1) is 13.1. The largest absolute Gasteiger partial charge is 0.491 e. The maximum absolute atomic E-state index is 12.3. The van der Waals surface area contributed by atoms with Crippen LogP contribution in [0.3, 0.4) is 0 Å². The van der Waals surface area contributed by atoms with E-state index in [4.69, 9.17) is 10.5 Å². The van der Waals surface area contributed by atoms with Crippen LogP contribution in [0.2, 0.25) is 0 Å². The lowest BCUT2D eigenvalue weighted by Crippen LogP contribution is -2.15. The molecule has 27 heavy (non-hydrogen) atoms. The lowest BCUT2D eigenvalue weighted by atomic mass is 10.2. The standard InChI is InChI=1S/C19H18N4O3S/c20-15-5-1-2-6-16(15)23-19(25)17-10-13(12-27-17)22-18(24)7-9-26-14-4-3-8-21-11-14/h1-6,8,10-12H,7,9,20H2,(H,22,24)(H,23,25). The van der Waals surface area contributed by atoms with E-state index in [9.17, 15) is 9.59 Å². The number of ether oxygens (including phenoxy) is 1. The molecule has 0 fully saturated rings. The van der Waals surface area contributed by atoms with Crippen LogP contribution in [0.15, 0.2) is 60.2 Å². The van der Waals surface area contributed by atoms with Crippen molar-refractivity contribution in [3.8, 4) is 5.75 Å². The number of hydrogen-bond donors (Lipinski definition) is 3. The maximum atomic E-state index is 12.3. The van der Waals surface area contributed by atoms with Gasteiger partial charge in [-0.1, -0.05) is 12.1 Å². The van der Waals surface area contributed by atoms with Gasteiger partial charge in [0.25, 0.3) is 5.91 Å². The summed E-state index contributed by atoms with van der Waals surface area (Å²) in [4.78, 5) is 28.7. The smallest absolute Gasteiger partial charge is 0.265 e. The van der Waals surface area contributed by atoms with Crippen LogP contribution >= 0.6 is 11.3 Å². The zero-order chi connectivity index (χ0) is 19.1. The number of benzene rings is 1. The van der Waals surface area contributed by atoms with Crippen LogP contribution in [0, 0.1) is 0 Å². The van der Waals surface area contributed by atoms with Crippen molar-refractivity contribution in [2.75, 3.05) is 23.0 Å². The molecule has 0 aliphatic carbocycles. The lowest BCUT2D eigenvalue weighted by molar-refractivity contribution is -0.116. The highest BCUT2D eigenvalue weighted by Crippen LogP contribution is 2.23. The van der Waals surface area contributed by atoms with Crippen molar-refractivity contribution in [3.63, 3.8) is 0 Å². The average Bonchev–Trinajstić information content (AvgIpc) is 3.13. The molecule has 2 aromatic heterocycles. The SMILES string of the molecule is Nc1ccccc1NC(=O)c1cc(NC(=O)CCOc2cccnc2)cs1. The number of aromatic nitrogens is 1. The normalized spacial score (nSPS) is 10.2. The van der Waals surface area contributed by atoms with Crippen molar-refractivity contribution >= 4 is 40.2 Å². The Bertz CT molecular complexity index is 927. The van der Waals surface area contributed by atoms with Crippen LogP contribution in [0.25, 0.3) is 0 Å². The minimum absolute atomic E-state index is 0.187. The summed E-state index contributed by atoms with van der Waals surface area (Å²) in [7, 11) is 0. The number of nitrogens with zero attached hydrogens (tertiary/aromatic N) is 1. The van der Waals surface area contributed by atoms with Gasteiger partial charge in [0, 0.05) is 11.6 Å². The second-order valence-electron chi connectivity index (χ2n) is 5.58. The van der Waals surface area contributed by atoms with E-state index >= 15 is 0 Å². The van der Waals surface area contributed by atoms with E-state index in [1.54, 1.807) is 60.2 Å². The number of anilines is 3. The number of rotatable bonds is 7. The Balaban J connectivity index is 1.49. The predicted molar refractivity (Wildman–Crippen MR) is 106 cm³/mol. The summed E-state index contributed by atoms with van der Waals surface area (Å²) in [6.07, 6.45) is 3.42. The second-order valence-corrected chi connectivity index (χ2v) is 6.49. The zero-order valence-corrected chi connectivity index (χ0v) is 15.2. The predicted octanol–water partition coefficient (Wildman–Crippen LogP) is 3.39. The minimum Gasteiger partial charge on any atom is -0.491 e. The number of pyridine rings is 1. The van der Waals surface area contributed by atoms with E-state index in [0.29, 0.717) is 27.7 Å². The summed E-state index contributed by atoms with van der Waals surface area (Å²) < 4.78 is 5.44. The molecule has 3 rings (SSSR count). The minimum atomic E-state index is -0.279. The van der Waals surface area contributed by atoms with Gasteiger partial charge in [-0.2, -0.15) is 0 Å². The fourth-order valence-corrected chi connectivity index (χ4v) is 2.97. The van der Waals surface area contributed by atoms with Gasteiger partial charge in [-0.3, -0.25) is 14.6 Å². The van der Waals surface area contributed by atoms with E-state index in [1.165, 1.54) is 11.3 Å². The number of amides is 2. The zero-order valence-electron chi connectivity index (χ0n) is 14.3. The third kappa shape index (κ3) is 5.29. The van der Waals surface area contributed by atoms with E-state index in [-0.39, 0.29) is 24.8 Å². The molecule has 0 saturated heterocycles. The van der Waals surface area contributed by atoms with Crippen molar-refractivity contribution < 1.29 is 14.3 Å². The molecule has 0 saturated carbocycles. The van der Waals surface area contributed by atoms with Crippen molar-refractivity contribution in [1.82, 2.24) is 4.98 Å². The molecule has 0 atom stereocenters. The van der Waals surface area contributed by atoms with Crippen LogP contribution in [0.4, 0.5) is 17.1 Å². The second kappa shape index (κ2) is 8.81. The van der Waals surface area contributed by atoms with Crippen molar-refractivity contribution in [2.24, 2.45) is 0 Å². The van der Waals surface area contributed by atoms with Crippen molar-refractivity contribution in [3.05, 3.63) is 65.1 Å². The highest BCUT2D eigenvalue weighted by Gasteiger charge is 2.12. The van der Waals surface area contributed by atoms with E-state index < -0.39 is 0 Å². The van der Waals surface area contributed by atoms with Crippen molar-refractivity contribution in [2.45, 2.75) is 6.42 Å². The molecule has 0 spiro atoms. The first kappa shape index (κ1) is 18.4. The van der Waals surface area contributed by atoms with Crippen LogP contribution in [0.1, 0.15) is 16.1 Å². The molecule has 0 bridgehead atoms. The molecule has 0 aliphatic rings. The summed E-state index contributed by atoms with van der Waals surface area (Å²) in [5.41, 5.74) is 7.43. The van der Waals surface area contributed by atoms with Gasteiger partial charge in [-0.25, -0.2) is 0 Å². The number of hydrogen-bond acceptors (Lipinski definition) is 6. The van der Waals surface area contributed by atoms with E-state index in [0.717, 1.165) is 0 Å². The molecule has 0 unspecified atom stereocenters. The number of carbonyl (C=O) groups excluding carboxylic acids is 2. The van der Waals surface area contributed by atoms with Gasteiger partial charge in [0.15, 0.2) is 0 Å². The molecule has 4 N–H and O–H groups in total. The monoisotopic (exact) mass is 382 g/mol. The Morgan fingerprint density at radius 1 is 1.15 bits per heavy atom. The van der Waals surface area contributed by atoms with Crippen molar-refractivity contribution in [1.29, 1.82) is 0 Å². The molecule has 7 nitrogen and oxygen atoms in total. The Labute approximate surface area is 160 Å². The van der Waals surface area contributed by atoms with Gasteiger partial charge in [0.05, 0.1) is 41.2 Å². The summed E-state index contributed by atoms with van der Waals surface area (Å²) in [6.45, 7) is 0.238. The highest BCUT2D eigenvalue weighted by atomic mass is 32.1. The summed E-state index contributed by atoms with van der Waals surface area (Å²) in [6, 6.07) is 12.2. The van der Waals surface area contributed by atoms with Gasteiger partial charge in [-0.15, -0.1) is 11.3 Å².